The number of carbonyl (C=O) groups excluding carboxylic acids is 1. The number of rotatable bonds is 4. The van der Waals surface area contributed by atoms with Gasteiger partial charge in [0.25, 0.3) is 5.56 Å². The molecule has 5 nitrogen and oxygen atoms in total. The Bertz CT molecular complexity index is 856. The highest BCUT2D eigenvalue weighted by atomic mass is 16.5. The molecular weight excluding hydrogens is 280 g/mol. The van der Waals surface area contributed by atoms with Crippen LogP contribution in [0.15, 0.2) is 65.7 Å². The van der Waals surface area contributed by atoms with Crippen LogP contribution < -0.4 is 5.56 Å². The van der Waals surface area contributed by atoms with Crippen molar-refractivity contribution in [3.63, 3.8) is 0 Å². The summed E-state index contributed by atoms with van der Waals surface area (Å²) >= 11 is 0. The van der Waals surface area contributed by atoms with Crippen molar-refractivity contribution >= 4 is 16.9 Å². The van der Waals surface area contributed by atoms with Gasteiger partial charge in [-0.1, -0.05) is 42.5 Å². The third-order valence-corrected chi connectivity index (χ3v) is 3.27. The SMILES string of the molecule is O=C(Cn1cnc2ccccc2c1=O)OCc1ccccc1. The molecule has 0 bridgehead atoms. The number of para-hydroxylation sites is 1. The molecule has 110 valence electrons. The summed E-state index contributed by atoms with van der Waals surface area (Å²) in [5.41, 5.74) is 1.27. The molecule has 0 saturated carbocycles. The summed E-state index contributed by atoms with van der Waals surface area (Å²) in [6, 6.07) is 16.4. The minimum atomic E-state index is -0.469. The van der Waals surface area contributed by atoms with Gasteiger partial charge in [-0.3, -0.25) is 14.2 Å². The van der Waals surface area contributed by atoms with Crippen molar-refractivity contribution in [3.05, 3.63) is 76.8 Å². The first-order valence-electron chi connectivity index (χ1n) is 6.88. The Morgan fingerprint density at radius 1 is 1.05 bits per heavy atom. The number of aromatic nitrogens is 2. The lowest BCUT2D eigenvalue weighted by Crippen LogP contribution is -2.25. The van der Waals surface area contributed by atoms with Crippen molar-refractivity contribution in [1.29, 1.82) is 0 Å². The number of hydrogen-bond donors (Lipinski definition) is 0. The number of ether oxygens (including phenoxy) is 1. The van der Waals surface area contributed by atoms with Gasteiger partial charge in [0.2, 0.25) is 0 Å². The van der Waals surface area contributed by atoms with Crippen LogP contribution in [0.4, 0.5) is 0 Å². The van der Waals surface area contributed by atoms with Crippen LogP contribution in [-0.2, 0) is 22.7 Å². The van der Waals surface area contributed by atoms with E-state index in [1.807, 2.05) is 36.4 Å². The first kappa shape index (κ1) is 14.0. The second-order valence-corrected chi connectivity index (χ2v) is 4.84. The van der Waals surface area contributed by atoms with E-state index in [0.29, 0.717) is 10.9 Å². The Balaban J connectivity index is 1.72. The van der Waals surface area contributed by atoms with Crippen molar-refractivity contribution in [1.82, 2.24) is 9.55 Å². The predicted molar refractivity (Wildman–Crippen MR) is 82.2 cm³/mol. The van der Waals surface area contributed by atoms with E-state index >= 15 is 0 Å². The fourth-order valence-corrected chi connectivity index (χ4v) is 2.14. The average Bonchev–Trinajstić information content (AvgIpc) is 2.57. The predicted octanol–water partition coefficient (Wildman–Crippen LogP) is 2.14. The molecule has 3 rings (SSSR count). The van der Waals surface area contributed by atoms with Crippen molar-refractivity contribution in [2.75, 3.05) is 0 Å². The number of carbonyl (C=O) groups is 1. The Labute approximate surface area is 126 Å². The van der Waals surface area contributed by atoms with E-state index in [1.54, 1.807) is 18.2 Å². The quantitative estimate of drug-likeness (QED) is 0.692. The molecule has 2 aromatic carbocycles. The summed E-state index contributed by atoms with van der Waals surface area (Å²) in [7, 11) is 0. The third-order valence-electron chi connectivity index (χ3n) is 3.27. The summed E-state index contributed by atoms with van der Waals surface area (Å²) in [6.45, 7) is 0.0406. The van der Waals surface area contributed by atoms with Gasteiger partial charge < -0.3 is 4.74 Å². The van der Waals surface area contributed by atoms with Gasteiger partial charge in [-0.15, -0.1) is 0 Å². The van der Waals surface area contributed by atoms with Crippen LogP contribution in [0, 0.1) is 0 Å². The summed E-state index contributed by atoms with van der Waals surface area (Å²) in [6.07, 6.45) is 1.37. The van der Waals surface area contributed by atoms with E-state index in [4.69, 9.17) is 4.74 Å². The molecule has 0 unspecified atom stereocenters. The molecule has 1 heterocycles. The molecule has 0 fully saturated rings. The fourth-order valence-electron chi connectivity index (χ4n) is 2.14. The second-order valence-electron chi connectivity index (χ2n) is 4.84. The van der Waals surface area contributed by atoms with Crippen LogP contribution in [0.25, 0.3) is 10.9 Å². The first-order valence-corrected chi connectivity index (χ1v) is 6.88. The van der Waals surface area contributed by atoms with Gasteiger partial charge in [0.05, 0.1) is 17.2 Å². The minimum Gasteiger partial charge on any atom is -0.459 e. The van der Waals surface area contributed by atoms with E-state index < -0.39 is 5.97 Å². The molecule has 0 aliphatic carbocycles. The number of benzene rings is 2. The van der Waals surface area contributed by atoms with Crippen molar-refractivity contribution in [2.24, 2.45) is 0 Å². The van der Waals surface area contributed by atoms with Crippen molar-refractivity contribution in [3.8, 4) is 0 Å². The van der Waals surface area contributed by atoms with Gasteiger partial charge in [-0.05, 0) is 17.7 Å². The normalized spacial score (nSPS) is 10.5. The monoisotopic (exact) mass is 294 g/mol. The fraction of sp³-hybridized carbons (Fsp3) is 0.118. The molecule has 0 aliphatic heterocycles. The highest BCUT2D eigenvalue weighted by molar-refractivity contribution is 5.77. The molecule has 1 aromatic heterocycles. The molecule has 0 amide bonds. The zero-order chi connectivity index (χ0) is 15.4. The van der Waals surface area contributed by atoms with Gasteiger partial charge in [0.15, 0.2) is 0 Å². The van der Waals surface area contributed by atoms with E-state index in [0.717, 1.165) is 5.56 Å². The van der Waals surface area contributed by atoms with Crippen molar-refractivity contribution < 1.29 is 9.53 Å². The van der Waals surface area contributed by atoms with Crippen LogP contribution in [0.2, 0.25) is 0 Å². The lowest BCUT2D eigenvalue weighted by atomic mass is 10.2. The van der Waals surface area contributed by atoms with E-state index in [2.05, 4.69) is 4.98 Å². The van der Waals surface area contributed by atoms with E-state index in [1.165, 1.54) is 10.9 Å². The van der Waals surface area contributed by atoms with Crippen LogP contribution >= 0.6 is 0 Å². The zero-order valence-corrected chi connectivity index (χ0v) is 11.8. The van der Waals surface area contributed by atoms with Crippen molar-refractivity contribution in [2.45, 2.75) is 13.2 Å². The van der Waals surface area contributed by atoms with Crippen LogP contribution in [0.1, 0.15) is 5.56 Å². The van der Waals surface area contributed by atoms with Gasteiger partial charge in [0, 0.05) is 0 Å². The van der Waals surface area contributed by atoms with Gasteiger partial charge in [-0.2, -0.15) is 0 Å². The molecule has 0 saturated heterocycles. The highest BCUT2D eigenvalue weighted by Crippen LogP contribution is 2.05. The number of nitrogens with zero attached hydrogens (tertiary/aromatic N) is 2. The topological polar surface area (TPSA) is 61.2 Å². The van der Waals surface area contributed by atoms with E-state index in [9.17, 15) is 9.59 Å². The Hall–Kier alpha value is -2.95. The van der Waals surface area contributed by atoms with Crippen LogP contribution in [-0.4, -0.2) is 15.5 Å². The Morgan fingerprint density at radius 3 is 2.59 bits per heavy atom. The number of hydrogen-bond acceptors (Lipinski definition) is 4. The summed E-state index contributed by atoms with van der Waals surface area (Å²) in [4.78, 5) is 28.3. The summed E-state index contributed by atoms with van der Waals surface area (Å²) in [5.74, 6) is -0.469. The molecule has 22 heavy (non-hydrogen) atoms. The Morgan fingerprint density at radius 2 is 1.77 bits per heavy atom. The van der Waals surface area contributed by atoms with E-state index in [-0.39, 0.29) is 18.7 Å². The molecule has 3 aromatic rings. The standard InChI is InChI=1S/C17H14N2O3/c20-16(22-11-13-6-2-1-3-7-13)10-19-12-18-15-9-5-4-8-14(15)17(19)21/h1-9,12H,10-11H2. The molecule has 5 heteroatoms. The average molecular weight is 294 g/mol. The Kier molecular flexibility index (Phi) is 3.96. The highest BCUT2D eigenvalue weighted by Gasteiger charge is 2.09. The lowest BCUT2D eigenvalue weighted by molar-refractivity contribution is -0.145. The first-order chi connectivity index (χ1) is 10.7. The largest absolute Gasteiger partial charge is 0.459 e. The third kappa shape index (κ3) is 3.03. The molecule has 0 N–H and O–H groups in total. The smallest absolute Gasteiger partial charge is 0.326 e. The summed E-state index contributed by atoms with van der Waals surface area (Å²) < 4.78 is 6.43. The molecule has 0 radical (unpaired) electrons. The summed E-state index contributed by atoms with van der Waals surface area (Å²) in [5, 5.41) is 0.487. The number of fused-ring (bicyclic) bond motifs is 1. The molecular formula is C17H14N2O3. The number of esters is 1. The van der Waals surface area contributed by atoms with Crippen LogP contribution in [0.3, 0.4) is 0 Å². The maximum atomic E-state index is 12.3. The molecule has 0 aliphatic rings. The maximum Gasteiger partial charge on any atom is 0.326 e. The lowest BCUT2D eigenvalue weighted by Gasteiger charge is -2.07. The minimum absolute atomic E-state index is 0.149. The van der Waals surface area contributed by atoms with Gasteiger partial charge in [-0.25, -0.2) is 4.98 Å². The maximum absolute atomic E-state index is 12.3. The molecule has 0 spiro atoms. The van der Waals surface area contributed by atoms with Gasteiger partial charge >= 0.3 is 5.97 Å². The zero-order valence-electron chi connectivity index (χ0n) is 11.8. The molecule has 0 atom stereocenters. The second kappa shape index (κ2) is 6.22. The van der Waals surface area contributed by atoms with Gasteiger partial charge in [0.1, 0.15) is 13.2 Å². The van der Waals surface area contributed by atoms with Crippen LogP contribution in [0.5, 0.6) is 0 Å².